The predicted molar refractivity (Wildman–Crippen MR) is 250 cm³/mol. The van der Waals surface area contributed by atoms with Gasteiger partial charge in [0.05, 0.1) is 0 Å². The Balaban J connectivity index is 0.000000366. The third-order valence-corrected chi connectivity index (χ3v) is 11.3. The summed E-state index contributed by atoms with van der Waals surface area (Å²) in [5.74, 6) is 0.466. The largest absolute Gasteiger partial charge is 0.0795 e. The first-order valence-corrected chi connectivity index (χ1v) is 20.6. The first kappa shape index (κ1) is 38.1. The Morgan fingerprint density at radius 3 is 1.55 bits per heavy atom. The summed E-state index contributed by atoms with van der Waals surface area (Å²) in [6, 6.07) is 78.9. The van der Waals surface area contributed by atoms with Gasteiger partial charge in [-0.15, -0.1) is 0 Å². The van der Waals surface area contributed by atoms with Crippen LogP contribution in [0.4, 0.5) is 0 Å². The first-order valence-electron chi connectivity index (χ1n) is 20.6. The van der Waals surface area contributed by atoms with Gasteiger partial charge >= 0.3 is 0 Å². The third-order valence-electron chi connectivity index (χ3n) is 11.3. The Morgan fingerprint density at radius 2 is 0.914 bits per heavy atom. The second kappa shape index (κ2) is 18.9. The molecule has 0 aliphatic carbocycles. The van der Waals surface area contributed by atoms with Crippen molar-refractivity contribution in [2.24, 2.45) is 0 Å². The molecular formula is C58H50. The zero-order valence-corrected chi connectivity index (χ0v) is 33.3. The van der Waals surface area contributed by atoms with Gasteiger partial charge < -0.3 is 0 Å². The highest BCUT2D eigenvalue weighted by Gasteiger charge is 2.15. The SMILES string of the molecule is C(=C\c1ccc(-c2ccc(-c3ccc(CCC(Cc4cccc5ccccc45)c4ccccc4)cc3)cc2)cc1)/Cc1ccccc1.Cc1cccc2ccccc12. The van der Waals surface area contributed by atoms with Gasteiger partial charge in [0.1, 0.15) is 0 Å². The van der Waals surface area contributed by atoms with E-state index in [0.717, 1.165) is 25.7 Å². The lowest BCUT2D eigenvalue weighted by atomic mass is 9.85. The molecule has 9 aromatic rings. The van der Waals surface area contributed by atoms with E-state index in [1.54, 1.807) is 0 Å². The van der Waals surface area contributed by atoms with E-state index in [1.165, 1.54) is 77.2 Å². The van der Waals surface area contributed by atoms with E-state index < -0.39 is 0 Å². The highest BCUT2D eigenvalue weighted by Crippen LogP contribution is 2.31. The summed E-state index contributed by atoms with van der Waals surface area (Å²) in [7, 11) is 0. The molecule has 58 heavy (non-hydrogen) atoms. The van der Waals surface area contributed by atoms with Crippen molar-refractivity contribution in [1.82, 2.24) is 0 Å². The lowest BCUT2D eigenvalue weighted by Crippen LogP contribution is -2.05. The highest BCUT2D eigenvalue weighted by molar-refractivity contribution is 5.86. The van der Waals surface area contributed by atoms with Crippen LogP contribution in [0.25, 0.3) is 49.9 Å². The fraction of sp³-hybridized carbons (Fsp3) is 0.103. The molecule has 0 nitrogen and oxygen atoms in total. The molecule has 0 heterocycles. The van der Waals surface area contributed by atoms with Gasteiger partial charge in [-0.3, -0.25) is 0 Å². The maximum Gasteiger partial charge on any atom is -0.00941 e. The molecule has 0 bridgehead atoms. The quantitative estimate of drug-likeness (QED) is 0.124. The minimum absolute atomic E-state index is 0.466. The van der Waals surface area contributed by atoms with E-state index in [4.69, 9.17) is 0 Å². The van der Waals surface area contributed by atoms with Crippen LogP contribution in [-0.2, 0) is 19.3 Å². The van der Waals surface area contributed by atoms with E-state index in [1.807, 2.05) is 0 Å². The summed E-state index contributed by atoms with van der Waals surface area (Å²) < 4.78 is 0. The summed E-state index contributed by atoms with van der Waals surface area (Å²) in [6.45, 7) is 2.14. The predicted octanol–water partition coefficient (Wildman–Crippen LogP) is 15.5. The van der Waals surface area contributed by atoms with Gasteiger partial charge in [-0.05, 0) is 116 Å². The number of benzene rings is 9. The van der Waals surface area contributed by atoms with Crippen molar-refractivity contribution in [3.05, 3.63) is 258 Å². The van der Waals surface area contributed by atoms with Crippen molar-refractivity contribution in [2.45, 2.75) is 38.5 Å². The van der Waals surface area contributed by atoms with Crippen molar-refractivity contribution in [2.75, 3.05) is 0 Å². The number of rotatable bonds is 11. The second-order valence-electron chi connectivity index (χ2n) is 15.3. The van der Waals surface area contributed by atoms with Gasteiger partial charge in [-0.2, -0.15) is 0 Å². The van der Waals surface area contributed by atoms with Crippen molar-refractivity contribution < 1.29 is 0 Å². The Morgan fingerprint density at radius 1 is 0.414 bits per heavy atom. The highest BCUT2D eigenvalue weighted by atomic mass is 14.2. The molecule has 9 rings (SSSR count). The number of allylic oxidation sites excluding steroid dienone is 1. The van der Waals surface area contributed by atoms with E-state index >= 15 is 0 Å². The molecule has 1 atom stereocenters. The Bertz CT molecular complexity index is 2680. The summed E-state index contributed by atoms with van der Waals surface area (Å²) in [5, 5.41) is 5.37. The molecule has 0 radical (unpaired) electrons. The van der Waals surface area contributed by atoms with Crippen LogP contribution in [0.3, 0.4) is 0 Å². The Labute approximate surface area is 344 Å². The Kier molecular flexibility index (Phi) is 12.4. The molecule has 1 unspecified atom stereocenters. The van der Waals surface area contributed by atoms with Gasteiger partial charge in [0, 0.05) is 0 Å². The number of fused-ring (bicyclic) bond motifs is 2. The van der Waals surface area contributed by atoms with Crippen LogP contribution in [0.15, 0.2) is 224 Å². The fourth-order valence-electron chi connectivity index (χ4n) is 8.03. The summed E-state index contributed by atoms with van der Waals surface area (Å²) in [4.78, 5) is 0. The lowest BCUT2D eigenvalue weighted by Gasteiger charge is -2.19. The average Bonchev–Trinajstić information content (AvgIpc) is 3.29. The maximum absolute atomic E-state index is 2.31. The van der Waals surface area contributed by atoms with Crippen LogP contribution in [0.1, 0.15) is 45.7 Å². The molecule has 0 spiro atoms. The zero-order chi connectivity index (χ0) is 39.4. The molecular weight excluding hydrogens is 697 g/mol. The van der Waals surface area contributed by atoms with E-state index in [9.17, 15) is 0 Å². The van der Waals surface area contributed by atoms with Crippen LogP contribution in [0.5, 0.6) is 0 Å². The molecule has 282 valence electrons. The van der Waals surface area contributed by atoms with Gasteiger partial charge in [-0.1, -0.05) is 231 Å². The van der Waals surface area contributed by atoms with Crippen molar-refractivity contribution in [3.8, 4) is 22.3 Å². The third kappa shape index (κ3) is 9.78. The van der Waals surface area contributed by atoms with E-state index in [2.05, 4.69) is 237 Å². The van der Waals surface area contributed by atoms with Gasteiger partial charge in [-0.25, -0.2) is 0 Å². The number of hydrogen-bond donors (Lipinski definition) is 0. The minimum atomic E-state index is 0.466. The standard InChI is InChI=1S/C47H40.C11H10/c1-3-11-36(12-4-1)13-9-14-37-21-26-40(27-22-37)42-31-33-43(34-32-42)41-28-23-38(24-29-41)25-30-45(39-15-5-2-6-16-39)35-46-19-10-18-44-17-7-8-20-47(44)46;1-9-5-4-7-10-6-2-3-8-11(9)10/h1-12,14-24,26-29,31-34,45H,13,25,30,35H2;2-8H,1H3/b14-9+;. The Hall–Kier alpha value is -6.76. The maximum atomic E-state index is 2.31. The van der Waals surface area contributed by atoms with Gasteiger partial charge in [0.15, 0.2) is 0 Å². The smallest absolute Gasteiger partial charge is 0.00941 e. The van der Waals surface area contributed by atoms with Crippen molar-refractivity contribution >= 4 is 27.6 Å². The molecule has 0 aliphatic heterocycles. The van der Waals surface area contributed by atoms with Crippen LogP contribution in [0, 0.1) is 6.92 Å². The molecule has 0 heteroatoms. The molecule has 0 saturated heterocycles. The minimum Gasteiger partial charge on any atom is -0.0795 e. The fourth-order valence-corrected chi connectivity index (χ4v) is 8.03. The summed E-state index contributed by atoms with van der Waals surface area (Å²) in [6.07, 6.45) is 8.60. The first-order chi connectivity index (χ1) is 28.7. The van der Waals surface area contributed by atoms with Crippen molar-refractivity contribution in [3.63, 3.8) is 0 Å². The van der Waals surface area contributed by atoms with Crippen LogP contribution >= 0.6 is 0 Å². The molecule has 0 saturated carbocycles. The van der Waals surface area contributed by atoms with Crippen LogP contribution < -0.4 is 0 Å². The molecule has 0 amide bonds. The zero-order valence-electron chi connectivity index (χ0n) is 33.3. The van der Waals surface area contributed by atoms with Gasteiger partial charge in [0.25, 0.3) is 0 Å². The van der Waals surface area contributed by atoms with E-state index in [0.29, 0.717) is 5.92 Å². The summed E-state index contributed by atoms with van der Waals surface area (Å²) in [5.41, 5.74) is 13.1. The van der Waals surface area contributed by atoms with Crippen LogP contribution in [0.2, 0.25) is 0 Å². The second-order valence-corrected chi connectivity index (χ2v) is 15.3. The topological polar surface area (TPSA) is 0 Å². The average molecular weight is 747 g/mol. The molecule has 9 aromatic carbocycles. The number of hydrogen-bond acceptors (Lipinski definition) is 0. The van der Waals surface area contributed by atoms with Gasteiger partial charge in [0.2, 0.25) is 0 Å². The molecule has 0 aliphatic rings. The molecule has 0 fully saturated rings. The van der Waals surface area contributed by atoms with Crippen molar-refractivity contribution in [1.29, 1.82) is 0 Å². The number of aryl methyl sites for hydroxylation is 2. The molecule has 0 aromatic heterocycles. The monoisotopic (exact) mass is 746 g/mol. The van der Waals surface area contributed by atoms with Crippen LogP contribution in [-0.4, -0.2) is 0 Å². The molecule has 0 N–H and O–H groups in total. The van der Waals surface area contributed by atoms with E-state index in [-0.39, 0.29) is 0 Å². The lowest BCUT2D eigenvalue weighted by molar-refractivity contribution is 0.623. The summed E-state index contributed by atoms with van der Waals surface area (Å²) >= 11 is 0. The normalized spacial score (nSPS) is 11.7.